The fourth-order valence-electron chi connectivity index (χ4n) is 1.28. The minimum atomic E-state index is -0.864. The molecule has 0 amide bonds. The van der Waals surface area contributed by atoms with Crippen LogP contribution in [0.15, 0.2) is 0 Å². The molecule has 0 bridgehead atoms. The van der Waals surface area contributed by atoms with Crippen LogP contribution in [0.5, 0.6) is 0 Å². The molecule has 0 saturated carbocycles. The average molecular weight is 274 g/mol. The van der Waals surface area contributed by atoms with Crippen LogP contribution >= 0.6 is 0 Å². The molecule has 6 heteroatoms. The van der Waals surface area contributed by atoms with Crippen molar-refractivity contribution in [3.8, 4) is 0 Å². The van der Waals surface area contributed by atoms with Crippen molar-refractivity contribution in [2.75, 3.05) is 20.3 Å². The summed E-state index contributed by atoms with van der Waals surface area (Å²) in [5.41, 5.74) is -0.641. The van der Waals surface area contributed by atoms with Gasteiger partial charge in [-0.05, 0) is 34.1 Å². The molecule has 0 rings (SSSR count). The van der Waals surface area contributed by atoms with E-state index in [1.165, 1.54) is 14.0 Å². The van der Waals surface area contributed by atoms with E-state index >= 15 is 0 Å². The molecule has 0 aliphatic rings. The number of methoxy groups -OCH3 is 1. The lowest BCUT2D eigenvalue weighted by Crippen LogP contribution is -2.32. The Labute approximate surface area is 113 Å². The van der Waals surface area contributed by atoms with Gasteiger partial charge in [0.25, 0.3) is 0 Å². The zero-order chi connectivity index (χ0) is 15.1. The van der Waals surface area contributed by atoms with Gasteiger partial charge in [0.2, 0.25) is 0 Å². The van der Waals surface area contributed by atoms with E-state index in [2.05, 4.69) is 4.74 Å². The Kier molecular flexibility index (Phi) is 7.29. The summed E-state index contributed by atoms with van der Waals surface area (Å²) in [5.74, 6) is -2.22. The molecule has 0 aromatic heterocycles. The summed E-state index contributed by atoms with van der Waals surface area (Å²) in [4.78, 5) is 34.0. The molecule has 19 heavy (non-hydrogen) atoms. The predicted octanol–water partition coefficient (Wildman–Crippen LogP) is 1.11. The number of Topliss-reactive ketones (excluding diaryl/α,β-unsaturated/α-hetero) is 1. The zero-order valence-corrected chi connectivity index (χ0v) is 12.1. The highest BCUT2D eigenvalue weighted by Gasteiger charge is 2.28. The number of carbonyl (C=O) groups is 3. The summed E-state index contributed by atoms with van der Waals surface area (Å²) in [6, 6.07) is 0. The van der Waals surface area contributed by atoms with Crippen molar-refractivity contribution in [3.63, 3.8) is 0 Å². The summed E-state index contributed by atoms with van der Waals surface area (Å²) >= 11 is 0. The van der Waals surface area contributed by atoms with Crippen LogP contribution in [-0.4, -0.2) is 43.6 Å². The molecule has 0 aromatic rings. The Hall–Kier alpha value is -1.43. The Morgan fingerprint density at radius 3 is 2.16 bits per heavy atom. The van der Waals surface area contributed by atoms with Gasteiger partial charge < -0.3 is 14.2 Å². The predicted molar refractivity (Wildman–Crippen MR) is 67.5 cm³/mol. The molecule has 0 heterocycles. The molecule has 6 nitrogen and oxygen atoms in total. The fraction of sp³-hybridized carbons (Fsp3) is 0.769. The molecule has 0 aliphatic heterocycles. The van der Waals surface area contributed by atoms with E-state index in [0.29, 0.717) is 0 Å². The zero-order valence-electron chi connectivity index (χ0n) is 12.1. The number of ether oxygens (including phenoxy) is 3. The summed E-state index contributed by atoms with van der Waals surface area (Å²) in [7, 11) is 1.25. The quantitative estimate of drug-likeness (QED) is 0.393. The van der Waals surface area contributed by atoms with Crippen LogP contribution in [0.3, 0.4) is 0 Å². The Balaban J connectivity index is 4.24. The van der Waals surface area contributed by atoms with E-state index in [9.17, 15) is 14.4 Å². The van der Waals surface area contributed by atoms with Crippen molar-refractivity contribution in [2.45, 2.75) is 39.7 Å². The van der Waals surface area contributed by atoms with Crippen LogP contribution in [0.2, 0.25) is 0 Å². The van der Waals surface area contributed by atoms with Gasteiger partial charge in [-0.2, -0.15) is 0 Å². The highest BCUT2D eigenvalue weighted by atomic mass is 16.6. The molecule has 0 N–H and O–H groups in total. The van der Waals surface area contributed by atoms with Gasteiger partial charge in [-0.25, -0.2) is 4.79 Å². The Morgan fingerprint density at radius 2 is 1.74 bits per heavy atom. The second kappa shape index (κ2) is 7.89. The fourth-order valence-corrected chi connectivity index (χ4v) is 1.28. The van der Waals surface area contributed by atoms with Crippen LogP contribution in [0, 0.1) is 5.92 Å². The Bertz CT molecular complexity index is 329. The van der Waals surface area contributed by atoms with Crippen molar-refractivity contribution in [1.82, 2.24) is 0 Å². The van der Waals surface area contributed by atoms with E-state index in [4.69, 9.17) is 9.47 Å². The van der Waals surface area contributed by atoms with Crippen molar-refractivity contribution in [1.29, 1.82) is 0 Å². The summed E-state index contributed by atoms with van der Waals surface area (Å²) in [6.45, 7) is 6.43. The SMILES string of the molecule is COC(=O)COCCC(C(C)=O)C(=O)OC(C)(C)C. The molecule has 0 fully saturated rings. The second-order valence-electron chi connectivity index (χ2n) is 5.11. The highest BCUT2D eigenvalue weighted by molar-refractivity contribution is 5.97. The van der Waals surface area contributed by atoms with Gasteiger partial charge in [0.1, 0.15) is 23.9 Å². The van der Waals surface area contributed by atoms with Crippen LogP contribution in [0.4, 0.5) is 0 Å². The lowest BCUT2D eigenvalue weighted by atomic mass is 10.0. The lowest BCUT2D eigenvalue weighted by molar-refractivity contribution is -0.162. The third kappa shape index (κ3) is 8.31. The number of esters is 2. The Morgan fingerprint density at radius 1 is 1.16 bits per heavy atom. The normalized spacial score (nSPS) is 12.7. The molecule has 1 unspecified atom stereocenters. The van der Waals surface area contributed by atoms with Gasteiger partial charge in [0.15, 0.2) is 0 Å². The van der Waals surface area contributed by atoms with Crippen LogP contribution in [0.25, 0.3) is 0 Å². The van der Waals surface area contributed by atoms with E-state index in [-0.39, 0.29) is 25.4 Å². The minimum absolute atomic E-state index is 0.110. The summed E-state index contributed by atoms with van der Waals surface area (Å²) in [5, 5.41) is 0. The molecular weight excluding hydrogens is 252 g/mol. The highest BCUT2D eigenvalue weighted by Crippen LogP contribution is 2.14. The van der Waals surface area contributed by atoms with Gasteiger partial charge in [0.05, 0.1) is 7.11 Å². The number of hydrogen-bond donors (Lipinski definition) is 0. The summed E-state index contributed by atoms with van der Waals surface area (Å²) in [6.07, 6.45) is 0.182. The van der Waals surface area contributed by atoms with E-state index in [0.717, 1.165) is 0 Å². The molecule has 0 aromatic carbocycles. The number of carbonyl (C=O) groups excluding carboxylic acids is 3. The topological polar surface area (TPSA) is 78.9 Å². The molecule has 0 aliphatic carbocycles. The van der Waals surface area contributed by atoms with Gasteiger partial charge in [0, 0.05) is 6.61 Å². The second-order valence-corrected chi connectivity index (χ2v) is 5.11. The molecular formula is C13H22O6. The van der Waals surface area contributed by atoms with Crippen molar-refractivity contribution in [2.24, 2.45) is 5.92 Å². The molecule has 0 saturated heterocycles. The molecule has 0 radical (unpaired) electrons. The molecule has 0 spiro atoms. The van der Waals surface area contributed by atoms with Crippen molar-refractivity contribution in [3.05, 3.63) is 0 Å². The van der Waals surface area contributed by atoms with Crippen LogP contribution < -0.4 is 0 Å². The lowest BCUT2D eigenvalue weighted by Gasteiger charge is -2.22. The summed E-state index contributed by atoms with van der Waals surface area (Å²) < 4.78 is 14.6. The number of hydrogen-bond acceptors (Lipinski definition) is 6. The third-order valence-corrected chi connectivity index (χ3v) is 2.18. The average Bonchev–Trinajstić information content (AvgIpc) is 2.25. The number of ketones is 1. The first-order valence-electron chi connectivity index (χ1n) is 6.05. The van der Waals surface area contributed by atoms with Gasteiger partial charge in [-0.1, -0.05) is 0 Å². The molecule has 110 valence electrons. The van der Waals surface area contributed by atoms with Crippen molar-refractivity contribution < 1.29 is 28.6 Å². The third-order valence-electron chi connectivity index (χ3n) is 2.18. The standard InChI is InChI=1S/C13H22O6/c1-9(14)10(12(16)19-13(2,3)4)6-7-18-8-11(15)17-5/h10H,6-8H2,1-5H3. The van der Waals surface area contributed by atoms with E-state index in [1.807, 2.05) is 0 Å². The first-order valence-corrected chi connectivity index (χ1v) is 6.05. The largest absolute Gasteiger partial charge is 0.467 e. The van der Waals surface area contributed by atoms with E-state index < -0.39 is 23.5 Å². The van der Waals surface area contributed by atoms with Gasteiger partial charge >= 0.3 is 11.9 Å². The first kappa shape index (κ1) is 17.6. The number of rotatable bonds is 7. The maximum absolute atomic E-state index is 11.8. The van der Waals surface area contributed by atoms with Gasteiger partial charge in [-0.3, -0.25) is 9.59 Å². The van der Waals surface area contributed by atoms with Crippen LogP contribution in [-0.2, 0) is 28.6 Å². The molecule has 1 atom stereocenters. The van der Waals surface area contributed by atoms with Gasteiger partial charge in [-0.15, -0.1) is 0 Å². The first-order chi connectivity index (χ1) is 8.67. The van der Waals surface area contributed by atoms with Crippen LogP contribution in [0.1, 0.15) is 34.1 Å². The van der Waals surface area contributed by atoms with E-state index in [1.54, 1.807) is 20.8 Å². The maximum Gasteiger partial charge on any atom is 0.331 e. The minimum Gasteiger partial charge on any atom is -0.467 e. The smallest absolute Gasteiger partial charge is 0.331 e. The van der Waals surface area contributed by atoms with Crippen molar-refractivity contribution >= 4 is 17.7 Å². The monoisotopic (exact) mass is 274 g/mol. The maximum atomic E-state index is 11.8.